The maximum absolute atomic E-state index is 13.2. The Labute approximate surface area is 229 Å². The predicted octanol–water partition coefficient (Wildman–Crippen LogP) is 2.24. The molecule has 1 aliphatic heterocycles. The smallest absolute Gasteiger partial charge is 0.359 e. The molecule has 3 aromatic rings. The molecule has 0 bridgehead atoms. The highest BCUT2D eigenvalue weighted by Crippen LogP contribution is 2.36. The van der Waals surface area contributed by atoms with E-state index in [9.17, 15) is 35.1 Å². The summed E-state index contributed by atoms with van der Waals surface area (Å²) in [5.41, 5.74) is -1.08. The Balaban J connectivity index is 1.63. The van der Waals surface area contributed by atoms with E-state index in [0.29, 0.717) is 12.0 Å². The molecule has 0 saturated carbocycles. The minimum absolute atomic E-state index is 0.00407. The minimum atomic E-state index is -1.58. The number of hydrogen-bond acceptors (Lipinski definition) is 10. The van der Waals surface area contributed by atoms with Crippen LogP contribution in [0.1, 0.15) is 49.2 Å². The minimum Gasteiger partial charge on any atom is -0.870 e. The number of ether oxygens (including phenoxy) is 2. The van der Waals surface area contributed by atoms with Crippen LogP contribution >= 0.6 is 0 Å². The van der Waals surface area contributed by atoms with Crippen molar-refractivity contribution >= 4 is 22.6 Å². The lowest BCUT2D eigenvalue weighted by Gasteiger charge is -2.45. The summed E-state index contributed by atoms with van der Waals surface area (Å²) in [6.45, 7) is 8.38. The third-order valence-electron chi connectivity index (χ3n) is 6.86. The number of aliphatic hydroxyl groups is 3. The van der Waals surface area contributed by atoms with E-state index in [1.54, 1.807) is 0 Å². The predicted molar refractivity (Wildman–Crippen MR) is 143 cm³/mol. The van der Waals surface area contributed by atoms with Crippen LogP contribution in [-0.4, -0.2) is 56.5 Å². The van der Waals surface area contributed by atoms with Crippen LogP contribution in [0.3, 0.4) is 0 Å². The van der Waals surface area contributed by atoms with Gasteiger partial charge in [-0.25, -0.2) is 4.79 Å². The number of aliphatic hydroxyl groups excluding tert-OH is 3. The zero-order chi connectivity index (χ0) is 29.5. The highest BCUT2D eigenvalue weighted by molar-refractivity contribution is 6.06. The number of amides is 1. The van der Waals surface area contributed by atoms with Gasteiger partial charge in [-0.05, 0) is 76.9 Å². The molecule has 0 aliphatic carbocycles. The molecule has 2 aromatic carbocycles. The van der Waals surface area contributed by atoms with E-state index in [2.05, 4.69) is 5.32 Å². The number of anilines is 1. The Bertz CT molecular complexity index is 1540. The molecule has 0 spiro atoms. The van der Waals surface area contributed by atoms with Crippen LogP contribution in [0.4, 0.5) is 5.69 Å². The van der Waals surface area contributed by atoms with Crippen LogP contribution in [0, 0.1) is 6.92 Å². The first kappa shape index (κ1) is 29.1. The first-order valence-electron chi connectivity index (χ1n) is 12.6. The highest BCUT2D eigenvalue weighted by Gasteiger charge is 2.49. The zero-order valence-electron chi connectivity index (χ0n) is 22.7. The molecule has 1 saturated heterocycles. The molecule has 1 aromatic heterocycles. The molecule has 1 aliphatic rings. The van der Waals surface area contributed by atoms with Crippen molar-refractivity contribution in [2.45, 2.75) is 71.2 Å². The summed E-state index contributed by atoms with van der Waals surface area (Å²) in [5.74, 6) is -1.39. The number of rotatable bonds is 6. The fourth-order valence-corrected chi connectivity index (χ4v) is 4.40. The average Bonchev–Trinajstić information content (AvgIpc) is 2.89. The lowest BCUT2D eigenvalue weighted by Crippen LogP contribution is -2.63. The van der Waals surface area contributed by atoms with Crippen LogP contribution in [0.15, 0.2) is 51.2 Å². The first-order valence-corrected chi connectivity index (χ1v) is 12.6. The van der Waals surface area contributed by atoms with Crippen molar-refractivity contribution in [1.82, 2.24) is 0 Å². The van der Waals surface area contributed by atoms with Gasteiger partial charge in [0.05, 0.1) is 5.60 Å². The van der Waals surface area contributed by atoms with Crippen LogP contribution < -0.4 is 20.8 Å². The number of carbonyl (C=O) groups is 1. The van der Waals surface area contributed by atoms with Crippen LogP contribution in [-0.2, 0) is 11.2 Å². The molecule has 40 heavy (non-hydrogen) atoms. The first-order chi connectivity index (χ1) is 18.7. The molecule has 11 nitrogen and oxygen atoms in total. The van der Waals surface area contributed by atoms with Crippen molar-refractivity contribution < 1.29 is 44.2 Å². The van der Waals surface area contributed by atoms with Gasteiger partial charge in [0.1, 0.15) is 41.1 Å². The third kappa shape index (κ3) is 5.54. The Hall–Kier alpha value is -3.90. The quantitative estimate of drug-likeness (QED) is 0.224. The maximum atomic E-state index is 13.2. The molecular formula is C29H32NO10-. The van der Waals surface area contributed by atoms with Gasteiger partial charge in [-0.3, -0.25) is 4.79 Å². The maximum Gasteiger partial charge on any atom is 0.359 e. The number of fused-ring (bicyclic) bond motifs is 1. The molecule has 5 N–H and O–H groups in total. The number of carbonyl (C=O) groups excluding carboxylic acids is 1. The van der Waals surface area contributed by atoms with E-state index in [1.165, 1.54) is 51.1 Å². The van der Waals surface area contributed by atoms with Gasteiger partial charge in [0.2, 0.25) is 6.29 Å². The number of aromatic hydroxyl groups is 1. The summed E-state index contributed by atoms with van der Waals surface area (Å²) in [6, 6.07) is 6.95. The molecule has 1 fully saturated rings. The van der Waals surface area contributed by atoms with Crippen LogP contribution in [0.2, 0.25) is 0 Å². The topological polar surface area (TPSA) is 182 Å². The van der Waals surface area contributed by atoms with Gasteiger partial charge < -0.3 is 44.7 Å². The molecule has 11 heteroatoms. The normalized spacial score (nSPS) is 22.1. The third-order valence-corrected chi connectivity index (χ3v) is 6.86. The van der Waals surface area contributed by atoms with Crippen LogP contribution in [0.5, 0.6) is 17.2 Å². The van der Waals surface area contributed by atoms with E-state index in [1.807, 2.05) is 19.9 Å². The van der Waals surface area contributed by atoms with Crippen molar-refractivity contribution in [3.63, 3.8) is 0 Å². The molecule has 0 radical (unpaired) electrons. The monoisotopic (exact) mass is 554 g/mol. The molecule has 1 amide bonds. The fraction of sp³-hybridized carbons (Fsp3) is 0.379. The average molecular weight is 555 g/mol. The van der Waals surface area contributed by atoms with Gasteiger partial charge >= 0.3 is 5.63 Å². The van der Waals surface area contributed by atoms with Gasteiger partial charge in [0, 0.05) is 16.5 Å². The van der Waals surface area contributed by atoms with Crippen molar-refractivity contribution in [2.75, 3.05) is 5.32 Å². The molecular weight excluding hydrogens is 522 g/mol. The number of allylic oxidation sites excluding steroid dienone is 2. The molecule has 0 unspecified atom stereocenters. The lowest BCUT2D eigenvalue weighted by molar-refractivity contribution is -0.301. The van der Waals surface area contributed by atoms with Crippen molar-refractivity contribution in [3.05, 3.63) is 69.1 Å². The second kappa shape index (κ2) is 10.9. The number of benzene rings is 2. The zero-order valence-corrected chi connectivity index (χ0v) is 22.7. The Morgan fingerprint density at radius 3 is 2.52 bits per heavy atom. The Kier molecular flexibility index (Phi) is 7.95. The van der Waals surface area contributed by atoms with Crippen LogP contribution in [0.25, 0.3) is 11.0 Å². The second-order valence-electron chi connectivity index (χ2n) is 10.6. The summed E-state index contributed by atoms with van der Waals surface area (Å²) in [7, 11) is 0. The lowest BCUT2D eigenvalue weighted by atomic mass is 9.90. The number of phenols is 1. The van der Waals surface area contributed by atoms with Crippen molar-refractivity contribution in [2.24, 2.45) is 0 Å². The molecule has 4 atom stereocenters. The SMILES string of the molecule is CC(C)=CCc1cc(C(=O)Nc2c([O-])c3ccc(O[C@@H]4OC(C)(C)[C@H](O)[C@@H](O)[C@H]4O)c(C)c3oc2=O)ccc1O. The molecule has 4 rings (SSSR count). The summed E-state index contributed by atoms with van der Waals surface area (Å²) in [5, 5.41) is 56.3. The van der Waals surface area contributed by atoms with E-state index in [0.717, 1.165) is 5.57 Å². The Morgan fingerprint density at radius 1 is 1.15 bits per heavy atom. The van der Waals surface area contributed by atoms with E-state index in [4.69, 9.17) is 13.9 Å². The van der Waals surface area contributed by atoms with Gasteiger partial charge in [-0.1, -0.05) is 17.4 Å². The van der Waals surface area contributed by atoms with E-state index in [-0.39, 0.29) is 33.6 Å². The summed E-state index contributed by atoms with van der Waals surface area (Å²) >= 11 is 0. The standard InChI is InChI=1S/C29H33NO10/c1-13(2)6-7-15-12-16(8-10-18(15)31)26(36)30-20-21(32)17-9-11-19(14(3)24(17)39-27(20)37)38-28-23(34)22(33)25(35)29(4,5)40-28/h6,8-12,22-23,25,28,31-35H,7H2,1-5H3,(H,30,36)/p-1/t22-,23+,25+,28+/m0/s1. The number of hydrogen-bond donors (Lipinski definition) is 5. The van der Waals surface area contributed by atoms with E-state index < -0.39 is 53.2 Å². The summed E-state index contributed by atoms with van der Waals surface area (Å²) in [4.78, 5) is 25.7. The van der Waals surface area contributed by atoms with Gasteiger partial charge in [0.25, 0.3) is 5.91 Å². The Morgan fingerprint density at radius 2 is 1.85 bits per heavy atom. The summed E-state index contributed by atoms with van der Waals surface area (Å²) < 4.78 is 16.8. The fourth-order valence-electron chi connectivity index (χ4n) is 4.40. The number of phenolic OH excluding ortho intramolecular Hbond substituents is 1. The van der Waals surface area contributed by atoms with E-state index >= 15 is 0 Å². The van der Waals surface area contributed by atoms with Gasteiger partial charge in [-0.15, -0.1) is 0 Å². The number of nitrogens with one attached hydrogen (secondary N) is 1. The van der Waals surface area contributed by atoms with Crippen molar-refractivity contribution in [3.8, 4) is 17.2 Å². The summed E-state index contributed by atoms with van der Waals surface area (Å²) in [6.07, 6.45) is -3.57. The van der Waals surface area contributed by atoms with Gasteiger partial charge in [0.15, 0.2) is 0 Å². The van der Waals surface area contributed by atoms with Gasteiger partial charge in [-0.2, -0.15) is 0 Å². The molecule has 214 valence electrons. The highest BCUT2D eigenvalue weighted by atomic mass is 16.7. The largest absolute Gasteiger partial charge is 0.870 e. The number of aryl methyl sites for hydroxylation is 1. The molecule has 2 heterocycles. The van der Waals surface area contributed by atoms with Crippen molar-refractivity contribution in [1.29, 1.82) is 0 Å². The second-order valence-corrected chi connectivity index (χ2v) is 10.6.